The number of hydrogen-bond acceptors (Lipinski definition) is 2. The molecule has 8 aromatic carbocycles. The van der Waals surface area contributed by atoms with E-state index in [2.05, 4.69) is 212 Å². The monoisotopic (exact) mass is 688 g/mol. The molecule has 0 fully saturated rings. The quantitative estimate of drug-likeness (QED) is 0.170. The molecule has 0 N–H and O–H groups in total. The minimum Gasteiger partial charge on any atom is -0.376 e. The van der Waals surface area contributed by atoms with Gasteiger partial charge in [0.1, 0.15) is 0 Å². The fraction of sp³-hybridized carbons (Fsp3) is 0.0588. The van der Waals surface area contributed by atoms with Gasteiger partial charge in [-0.2, -0.15) is 0 Å². The van der Waals surface area contributed by atoms with Crippen LogP contribution in [0.5, 0.6) is 0 Å². The number of anilines is 5. The summed E-state index contributed by atoms with van der Waals surface area (Å²) in [5, 5.41) is 0. The molecule has 54 heavy (non-hydrogen) atoms. The SMILES string of the molecule is CC1(C)c2ccccc2N2c3cc(-c4ccccc4)cc4c3B(c3cccc1c32)N(c1cc(-c2ccccc2)cc(-c2ccccc2)c1)c1ccccc1-4. The largest absolute Gasteiger partial charge is 0.376 e. The fourth-order valence-electron chi connectivity index (χ4n) is 9.49. The Hall–Kier alpha value is -6.58. The van der Waals surface area contributed by atoms with Gasteiger partial charge < -0.3 is 9.71 Å². The summed E-state index contributed by atoms with van der Waals surface area (Å²) in [6, 6.07) is 69.7. The summed E-state index contributed by atoms with van der Waals surface area (Å²) in [7, 11) is 0. The van der Waals surface area contributed by atoms with Gasteiger partial charge >= 0.3 is 6.85 Å². The van der Waals surface area contributed by atoms with Crippen molar-refractivity contribution in [2.75, 3.05) is 9.71 Å². The second-order valence-electron chi connectivity index (χ2n) is 15.3. The van der Waals surface area contributed by atoms with Crippen LogP contribution in [0.2, 0.25) is 0 Å². The Morgan fingerprint density at radius 2 is 0.944 bits per heavy atom. The van der Waals surface area contributed by atoms with Crippen molar-refractivity contribution in [2.24, 2.45) is 0 Å². The molecule has 0 radical (unpaired) electrons. The average molecular weight is 689 g/mol. The van der Waals surface area contributed by atoms with Gasteiger partial charge in [-0.3, -0.25) is 0 Å². The van der Waals surface area contributed by atoms with Gasteiger partial charge in [0.2, 0.25) is 0 Å². The normalized spacial score (nSPS) is 14.1. The van der Waals surface area contributed by atoms with Crippen molar-refractivity contribution in [3.8, 4) is 44.5 Å². The number of para-hydroxylation sites is 3. The van der Waals surface area contributed by atoms with E-state index in [1.807, 2.05) is 0 Å². The van der Waals surface area contributed by atoms with Crippen LogP contribution in [0.25, 0.3) is 44.5 Å². The molecule has 11 rings (SSSR count). The Balaban J connectivity index is 1.26. The van der Waals surface area contributed by atoms with E-state index >= 15 is 0 Å². The topological polar surface area (TPSA) is 6.48 Å². The summed E-state index contributed by atoms with van der Waals surface area (Å²) in [6.07, 6.45) is 0. The van der Waals surface area contributed by atoms with Crippen LogP contribution < -0.4 is 20.6 Å². The molecule has 3 aliphatic rings. The van der Waals surface area contributed by atoms with Crippen molar-refractivity contribution in [3.63, 3.8) is 0 Å². The lowest BCUT2D eigenvalue weighted by Crippen LogP contribution is -2.62. The molecule has 3 heterocycles. The zero-order valence-electron chi connectivity index (χ0n) is 30.4. The maximum Gasteiger partial charge on any atom is 0.333 e. The molecule has 0 aliphatic carbocycles. The Morgan fingerprint density at radius 3 is 1.59 bits per heavy atom. The van der Waals surface area contributed by atoms with Crippen molar-refractivity contribution in [2.45, 2.75) is 19.3 Å². The molecule has 0 aromatic heterocycles. The maximum absolute atomic E-state index is 2.64. The van der Waals surface area contributed by atoms with Crippen molar-refractivity contribution >= 4 is 46.2 Å². The average Bonchev–Trinajstić information content (AvgIpc) is 3.24. The molecule has 8 aromatic rings. The Kier molecular flexibility index (Phi) is 6.72. The van der Waals surface area contributed by atoms with Gasteiger partial charge in [-0.25, -0.2) is 0 Å². The van der Waals surface area contributed by atoms with Crippen LogP contribution in [0.1, 0.15) is 25.0 Å². The minimum absolute atomic E-state index is 0.0587. The number of hydrogen-bond donors (Lipinski definition) is 0. The van der Waals surface area contributed by atoms with Crippen LogP contribution in [0.4, 0.5) is 28.4 Å². The number of nitrogens with zero attached hydrogens (tertiary/aromatic N) is 2. The Bertz CT molecular complexity index is 2700. The van der Waals surface area contributed by atoms with E-state index in [1.165, 1.54) is 95.0 Å². The van der Waals surface area contributed by atoms with Gasteiger partial charge in [0.05, 0.1) is 5.69 Å². The van der Waals surface area contributed by atoms with Gasteiger partial charge in [0, 0.05) is 33.7 Å². The molecule has 0 amide bonds. The van der Waals surface area contributed by atoms with Gasteiger partial charge in [-0.1, -0.05) is 159 Å². The second-order valence-corrected chi connectivity index (χ2v) is 15.3. The first-order chi connectivity index (χ1) is 26.6. The molecular formula is C51H37BN2. The molecule has 0 unspecified atom stereocenters. The second kappa shape index (κ2) is 11.7. The summed E-state index contributed by atoms with van der Waals surface area (Å²) >= 11 is 0. The van der Waals surface area contributed by atoms with Crippen LogP contribution in [0.15, 0.2) is 188 Å². The zero-order chi connectivity index (χ0) is 36.0. The molecule has 0 saturated carbocycles. The molecule has 0 spiro atoms. The lowest BCUT2D eigenvalue weighted by Gasteiger charge is -2.50. The fourth-order valence-corrected chi connectivity index (χ4v) is 9.49. The highest BCUT2D eigenvalue weighted by atomic mass is 15.2. The highest BCUT2D eigenvalue weighted by Gasteiger charge is 2.49. The Labute approximate surface area is 317 Å². The zero-order valence-corrected chi connectivity index (χ0v) is 30.4. The van der Waals surface area contributed by atoms with Crippen LogP contribution in [0, 0.1) is 0 Å². The van der Waals surface area contributed by atoms with Crippen LogP contribution in [0.3, 0.4) is 0 Å². The molecule has 2 nitrogen and oxygen atoms in total. The first kappa shape index (κ1) is 31.0. The lowest BCUT2D eigenvalue weighted by molar-refractivity contribution is 0.632. The summed E-state index contributed by atoms with van der Waals surface area (Å²) < 4.78 is 0. The van der Waals surface area contributed by atoms with Crippen LogP contribution >= 0.6 is 0 Å². The van der Waals surface area contributed by atoms with Gasteiger partial charge in [-0.15, -0.1) is 0 Å². The van der Waals surface area contributed by atoms with E-state index < -0.39 is 0 Å². The third-order valence-corrected chi connectivity index (χ3v) is 12.0. The molecule has 0 bridgehead atoms. The summed E-state index contributed by atoms with van der Waals surface area (Å²) in [5.41, 5.74) is 21.2. The maximum atomic E-state index is 2.64. The third-order valence-electron chi connectivity index (χ3n) is 12.0. The predicted molar refractivity (Wildman–Crippen MR) is 229 cm³/mol. The molecular weight excluding hydrogens is 651 g/mol. The van der Waals surface area contributed by atoms with E-state index in [0.717, 1.165) is 0 Å². The lowest BCUT2D eigenvalue weighted by atomic mass is 9.42. The number of fused-ring (bicyclic) bond motifs is 6. The summed E-state index contributed by atoms with van der Waals surface area (Å²) in [6.45, 7) is 4.73. The highest BCUT2D eigenvalue weighted by molar-refractivity contribution is 6.93. The van der Waals surface area contributed by atoms with E-state index in [0.29, 0.717) is 0 Å². The summed E-state index contributed by atoms with van der Waals surface area (Å²) in [5.74, 6) is 0. The van der Waals surface area contributed by atoms with E-state index in [9.17, 15) is 0 Å². The molecule has 0 atom stereocenters. The van der Waals surface area contributed by atoms with Crippen LogP contribution in [-0.2, 0) is 5.41 Å². The smallest absolute Gasteiger partial charge is 0.333 e. The minimum atomic E-state index is -0.180. The van der Waals surface area contributed by atoms with Crippen molar-refractivity contribution in [3.05, 3.63) is 199 Å². The Morgan fingerprint density at radius 1 is 0.407 bits per heavy atom. The molecule has 3 heteroatoms. The van der Waals surface area contributed by atoms with E-state index in [4.69, 9.17) is 0 Å². The number of benzene rings is 8. The van der Waals surface area contributed by atoms with Crippen molar-refractivity contribution in [1.29, 1.82) is 0 Å². The highest BCUT2D eigenvalue weighted by Crippen LogP contribution is 2.55. The van der Waals surface area contributed by atoms with E-state index in [-0.39, 0.29) is 12.3 Å². The van der Waals surface area contributed by atoms with Crippen LogP contribution in [-0.4, -0.2) is 6.85 Å². The van der Waals surface area contributed by atoms with Gasteiger partial charge in [-0.05, 0) is 103 Å². The first-order valence-corrected chi connectivity index (χ1v) is 19.0. The molecule has 3 aliphatic heterocycles. The summed E-state index contributed by atoms with van der Waals surface area (Å²) in [4.78, 5) is 5.23. The molecule has 0 saturated heterocycles. The number of rotatable bonds is 4. The van der Waals surface area contributed by atoms with Crippen molar-refractivity contribution in [1.82, 2.24) is 0 Å². The van der Waals surface area contributed by atoms with Gasteiger partial charge in [0.25, 0.3) is 0 Å². The first-order valence-electron chi connectivity index (χ1n) is 19.0. The van der Waals surface area contributed by atoms with E-state index in [1.54, 1.807) is 0 Å². The standard InChI is InChI=1S/C51H37BN2/c1-51(2)43-24-13-15-28-47(43)53-48-33-39(36-21-10-5-11-22-36)32-42-41-23-12-14-27-46(41)54(52(49(42)48)45-26-16-25-44(51)50(45)53)40-30-37(34-17-6-3-7-18-34)29-38(31-40)35-19-8-4-9-20-35/h3-33H,1-2H3. The predicted octanol–water partition coefficient (Wildman–Crippen LogP) is 12.0. The van der Waals surface area contributed by atoms with Crippen molar-refractivity contribution < 1.29 is 0 Å². The third kappa shape index (κ3) is 4.48. The van der Waals surface area contributed by atoms with Gasteiger partial charge in [0.15, 0.2) is 0 Å². The molecule has 254 valence electrons.